The Kier molecular flexibility index (Phi) is 6.12. The van der Waals surface area contributed by atoms with Crippen molar-refractivity contribution in [3.05, 3.63) is 34.4 Å². The Balaban J connectivity index is 0.00000256. The van der Waals surface area contributed by atoms with Gasteiger partial charge in [-0.1, -0.05) is 6.07 Å². The molecule has 0 bridgehead atoms. The average Bonchev–Trinajstić information content (AvgIpc) is 2.16. The fraction of sp³-hybridized carbons (Fsp3) is 0.455. The standard InChI is InChI=1S/C11H17N2O3.BrH/c1-13(2,3)7-8-16-11-6-4-5-10(9-11)12(14)15;/h4-6,9H,7-8H2,1-3H3;1H/q+1;/p-1. The molecule has 0 saturated heterocycles. The first kappa shape index (κ1) is 15.9. The van der Waals surface area contributed by atoms with Crippen LogP contribution >= 0.6 is 0 Å². The molecule has 0 N–H and O–H groups in total. The second-order valence-electron chi connectivity index (χ2n) is 4.62. The predicted molar refractivity (Wildman–Crippen MR) is 61.5 cm³/mol. The second kappa shape index (κ2) is 6.56. The first-order valence-electron chi connectivity index (χ1n) is 5.06. The van der Waals surface area contributed by atoms with Crippen molar-refractivity contribution in [3.8, 4) is 5.75 Å². The highest BCUT2D eigenvalue weighted by molar-refractivity contribution is 5.37. The quantitative estimate of drug-likeness (QED) is 0.385. The molecule has 0 spiro atoms. The number of quaternary nitrogens is 1. The van der Waals surface area contributed by atoms with Crippen molar-refractivity contribution in [1.82, 2.24) is 0 Å². The first-order chi connectivity index (χ1) is 7.38. The van der Waals surface area contributed by atoms with Crippen LogP contribution in [0.25, 0.3) is 0 Å². The van der Waals surface area contributed by atoms with Gasteiger partial charge in [0, 0.05) is 6.07 Å². The maximum absolute atomic E-state index is 10.5. The molecule has 6 heteroatoms. The van der Waals surface area contributed by atoms with Crippen LogP contribution in [0.4, 0.5) is 5.69 Å². The number of nitro benzene ring substituents is 1. The zero-order valence-electron chi connectivity index (χ0n) is 10.2. The Morgan fingerprint density at radius 3 is 2.53 bits per heavy atom. The largest absolute Gasteiger partial charge is 1.00 e. The van der Waals surface area contributed by atoms with E-state index in [9.17, 15) is 10.1 Å². The third kappa shape index (κ3) is 6.23. The second-order valence-corrected chi connectivity index (χ2v) is 4.62. The van der Waals surface area contributed by atoms with Crippen LogP contribution in [-0.2, 0) is 0 Å². The number of ether oxygens (including phenoxy) is 1. The predicted octanol–water partition coefficient (Wildman–Crippen LogP) is -1.32. The first-order valence-corrected chi connectivity index (χ1v) is 5.06. The Morgan fingerprint density at radius 1 is 1.35 bits per heavy atom. The van der Waals surface area contributed by atoms with Crippen molar-refractivity contribution >= 4 is 5.69 Å². The molecule has 0 aliphatic carbocycles. The van der Waals surface area contributed by atoms with Crippen LogP contribution in [-0.4, -0.2) is 43.7 Å². The van der Waals surface area contributed by atoms with E-state index >= 15 is 0 Å². The Labute approximate surface area is 112 Å². The monoisotopic (exact) mass is 304 g/mol. The van der Waals surface area contributed by atoms with Gasteiger partial charge in [-0.05, 0) is 6.07 Å². The van der Waals surface area contributed by atoms with Crippen LogP contribution in [0.5, 0.6) is 5.75 Å². The van der Waals surface area contributed by atoms with Gasteiger partial charge in [0.05, 0.1) is 32.1 Å². The minimum Gasteiger partial charge on any atom is -1.00 e. The molecule has 1 aromatic rings. The lowest BCUT2D eigenvalue weighted by Gasteiger charge is -2.23. The van der Waals surface area contributed by atoms with E-state index in [-0.39, 0.29) is 22.7 Å². The summed E-state index contributed by atoms with van der Waals surface area (Å²) >= 11 is 0. The molecule has 1 rings (SSSR count). The molecule has 0 atom stereocenters. The molecule has 0 fully saturated rings. The summed E-state index contributed by atoms with van der Waals surface area (Å²) in [5.41, 5.74) is 0.0581. The number of non-ortho nitro benzene ring substituents is 1. The van der Waals surface area contributed by atoms with Gasteiger partial charge in [0.2, 0.25) is 0 Å². The van der Waals surface area contributed by atoms with E-state index in [0.717, 1.165) is 11.0 Å². The summed E-state index contributed by atoms with van der Waals surface area (Å²) in [5, 5.41) is 10.5. The minimum atomic E-state index is -0.424. The van der Waals surface area contributed by atoms with Gasteiger partial charge >= 0.3 is 0 Å². The minimum absolute atomic E-state index is 0. The molecule has 1 aromatic carbocycles. The van der Waals surface area contributed by atoms with Crippen molar-refractivity contribution in [3.63, 3.8) is 0 Å². The van der Waals surface area contributed by atoms with E-state index in [1.54, 1.807) is 12.1 Å². The number of benzene rings is 1. The zero-order valence-corrected chi connectivity index (χ0v) is 11.8. The zero-order chi connectivity index (χ0) is 12.2. The van der Waals surface area contributed by atoms with E-state index in [2.05, 4.69) is 21.1 Å². The Bertz CT molecular complexity index is 377. The highest BCUT2D eigenvalue weighted by Gasteiger charge is 2.09. The molecule has 0 aliphatic rings. The number of halogens is 1. The molecule has 0 amide bonds. The van der Waals surface area contributed by atoms with Gasteiger partial charge in [-0.25, -0.2) is 0 Å². The average molecular weight is 305 g/mol. The number of nitrogens with zero attached hydrogens (tertiary/aromatic N) is 2. The smallest absolute Gasteiger partial charge is 0.273 e. The molecule has 5 nitrogen and oxygen atoms in total. The molecule has 0 unspecified atom stereocenters. The number of likely N-dealkylation sites (N-methyl/N-ethyl adjacent to an activating group) is 1. The molecule has 0 aromatic heterocycles. The topological polar surface area (TPSA) is 52.4 Å². The maximum atomic E-state index is 10.5. The van der Waals surface area contributed by atoms with Crippen LogP contribution in [0.3, 0.4) is 0 Å². The maximum Gasteiger partial charge on any atom is 0.273 e. The summed E-state index contributed by atoms with van der Waals surface area (Å²) < 4.78 is 6.25. The fourth-order valence-electron chi connectivity index (χ4n) is 1.12. The SMILES string of the molecule is C[N+](C)(C)CCOc1cccc([N+](=O)[O-])c1.[Br-]. The van der Waals surface area contributed by atoms with E-state index < -0.39 is 4.92 Å². The van der Waals surface area contributed by atoms with Gasteiger partial charge in [-0.15, -0.1) is 0 Å². The van der Waals surface area contributed by atoms with Crippen LogP contribution in [0.15, 0.2) is 24.3 Å². The fourth-order valence-corrected chi connectivity index (χ4v) is 1.12. The molecule has 17 heavy (non-hydrogen) atoms. The molecule has 0 aliphatic heterocycles. The summed E-state index contributed by atoms with van der Waals surface area (Å²) in [7, 11) is 6.20. The van der Waals surface area contributed by atoms with Crippen LogP contribution in [0, 0.1) is 10.1 Å². The van der Waals surface area contributed by atoms with Crippen LogP contribution in [0.1, 0.15) is 0 Å². The summed E-state index contributed by atoms with van der Waals surface area (Å²) in [4.78, 5) is 10.1. The van der Waals surface area contributed by atoms with E-state index in [0.29, 0.717) is 12.4 Å². The molecule has 96 valence electrons. The number of hydrogen-bond donors (Lipinski definition) is 0. The summed E-state index contributed by atoms with van der Waals surface area (Å²) in [5.74, 6) is 0.544. The van der Waals surface area contributed by atoms with Gasteiger partial charge in [0.1, 0.15) is 18.9 Å². The van der Waals surface area contributed by atoms with E-state index in [1.165, 1.54) is 12.1 Å². The highest BCUT2D eigenvalue weighted by Crippen LogP contribution is 2.18. The molecule has 0 radical (unpaired) electrons. The van der Waals surface area contributed by atoms with Crippen molar-refractivity contribution in [1.29, 1.82) is 0 Å². The van der Waals surface area contributed by atoms with Crippen LogP contribution < -0.4 is 21.7 Å². The van der Waals surface area contributed by atoms with Crippen molar-refractivity contribution in [2.24, 2.45) is 0 Å². The highest BCUT2D eigenvalue weighted by atomic mass is 79.9. The number of nitro groups is 1. The third-order valence-electron chi connectivity index (χ3n) is 2.06. The van der Waals surface area contributed by atoms with Gasteiger partial charge < -0.3 is 26.2 Å². The van der Waals surface area contributed by atoms with Crippen molar-refractivity contribution in [2.45, 2.75) is 0 Å². The third-order valence-corrected chi connectivity index (χ3v) is 2.06. The normalized spacial score (nSPS) is 10.5. The Morgan fingerprint density at radius 2 is 2.00 bits per heavy atom. The molecule has 0 saturated carbocycles. The van der Waals surface area contributed by atoms with Gasteiger partial charge in [0.15, 0.2) is 0 Å². The summed E-state index contributed by atoms with van der Waals surface area (Å²) in [6, 6.07) is 6.24. The number of hydrogen-bond acceptors (Lipinski definition) is 3. The lowest BCUT2D eigenvalue weighted by Crippen LogP contribution is -3.00. The lowest BCUT2D eigenvalue weighted by atomic mass is 10.3. The molecule has 0 heterocycles. The lowest BCUT2D eigenvalue weighted by molar-refractivity contribution is -0.870. The van der Waals surface area contributed by atoms with Gasteiger partial charge in [-0.2, -0.15) is 0 Å². The summed E-state index contributed by atoms with van der Waals surface area (Å²) in [6.07, 6.45) is 0. The van der Waals surface area contributed by atoms with E-state index in [1.807, 2.05) is 0 Å². The van der Waals surface area contributed by atoms with Gasteiger partial charge in [0.25, 0.3) is 5.69 Å². The molecular formula is C11H17BrN2O3. The van der Waals surface area contributed by atoms with Crippen molar-refractivity contribution < 1.29 is 31.1 Å². The Hall–Kier alpha value is -1.14. The molecular weight excluding hydrogens is 288 g/mol. The van der Waals surface area contributed by atoms with Crippen molar-refractivity contribution in [2.75, 3.05) is 34.3 Å². The van der Waals surface area contributed by atoms with E-state index in [4.69, 9.17) is 4.74 Å². The van der Waals surface area contributed by atoms with Crippen LogP contribution in [0.2, 0.25) is 0 Å². The van der Waals surface area contributed by atoms with Gasteiger partial charge in [-0.3, -0.25) is 10.1 Å². The summed E-state index contributed by atoms with van der Waals surface area (Å²) in [6.45, 7) is 1.40. The number of rotatable bonds is 5.